The molecule has 78 valence electrons. The van der Waals surface area contributed by atoms with E-state index in [1.165, 1.54) is 0 Å². The smallest absolute Gasteiger partial charge is 0.311 e. The van der Waals surface area contributed by atoms with Crippen molar-refractivity contribution in [2.45, 2.75) is 46.8 Å². The summed E-state index contributed by atoms with van der Waals surface area (Å²) in [4.78, 5) is 11.3. The Hall–Kier alpha value is -0.570. The fourth-order valence-corrected chi connectivity index (χ4v) is 1.06. The van der Waals surface area contributed by atoms with Gasteiger partial charge in [-0.1, -0.05) is 13.8 Å². The molecule has 0 saturated heterocycles. The molecule has 0 aromatic rings. The minimum absolute atomic E-state index is 0.0784. The van der Waals surface area contributed by atoms with Gasteiger partial charge in [0.25, 0.3) is 0 Å². The van der Waals surface area contributed by atoms with E-state index in [1.807, 2.05) is 13.8 Å². The average Bonchev–Trinajstić information content (AvgIpc) is 2.00. The van der Waals surface area contributed by atoms with Gasteiger partial charge in [0, 0.05) is 0 Å². The molecule has 0 spiro atoms. The van der Waals surface area contributed by atoms with Crippen molar-refractivity contribution in [2.24, 2.45) is 11.8 Å². The Bertz CT molecular complexity index is 164. The lowest BCUT2D eigenvalue weighted by molar-refractivity contribution is -0.156. The second-order valence-corrected chi connectivity index (χ2v) is 4.01. The van der Waals surface area contributed by atoms with Gasteiger partial charge in [0.1, 0.15) is 0 Å². The normalized spacial score (nSPS) is 16.0. The summed E-state index contributed by atoms with van der Waals surface area (Å²) >= 11 is 0. The quantitative estimate of drug-likeness (QED) is 0.681. The molecule has 13 heavy (non-hydrogen) atoms. The van der Waals surface area contributed by atoms with Crippen molar-refractivity contribution in [1.82, 2.24) is 0 Å². The van der Waals surface area contributed by atoms with Crippen molar-refractivity contribution in [3.63, 3.8) is 0 Å². The number of aliphatic hydroxyl groups is 1. The highest BCUT2D eigenvalue weighted by Crippen LogP contribution is 2.14. The van der Waals surface area contributed by atoms with E-state index in [0.29, 0.717) is 0 Å². The summed E-state index contributed by atoms with van der Waals surface area (Å²) in [6.45, 7) is 9.04. The number of hydrogen-bond acceptors (Lipinski definition) is 3. The number of carbonyl (C=O) groups is 1. The predicted molar refractivity (Wildman–Crippen MR) is 51.2 cm³/mol. The lowest BCUT2D eigenvalue weighted by atomic mass is 9.95. The van der Waals surface area contributed by atoms with E-state index in [1.54, 1.807) is 20.8 Å². The Labute approximate surface area is 80.1 Å². The average molecular weight is 188 g/mol. The monoisotopic (exact) mass is 188 g/mol. The molecule has 2 atom stereocenters. The largest absolute Gasteiger partial charge is 0.463 e. The van der Waals surface area contributed by atoms with Crippen molar-refractivity contribution in [2.75, 3.05) is 0 Å². The van der Waals surface area contributed by atoms with Gasteiger partial charge in [-0.3, -0.25) is 4.79 Å². The second-order valence-electron chi connectivity index (χ2n) is 4.01. The van der Waals surface area contributed by atoms with E-state index < -0.39 is 12.0 Å². The number of carbonyl (C=O) groups excluding carboxylic acids is 1. The third-order valence-corrected chi connectivity index (χ3v) is 1.92. The van der Waals surface area contributed by atoms with Gasteiger partial charge in [0.05, 0.1) is 18.1 Å². The molecule has 3 nitrogen and oxygen atoms in total. The van der Waals surface area contributed by atoms with Gasteiger partial charge in [0.2, 0.25) is 0 Å². The highest BCUT2D eigenvalue weighted by molar-refractivity contribution is 5.72. The van der Waals surface area contributed by atoms with E-state index in [2.05, 4.69) is 0 Å². The van der Waals surface area contributed by atoms with Gasteiger partial charge in [-0.05, 0) is 26.7 Å². The van der Waals surface area contributed by atoms with Gasteiger partial charge in [0.15, 0.2) is 0 Å². The Balaban J connectivity index is 4.09. The Morgan fingerprint density at radius 3 is 1.92 bits per heavy atom. The Kier molecular flexibility index (Phi) is 4.99. The number of esters is 1. The molecule has 3 heteroatoms. The van der Waals surface area contributed by atoms with Gasteiger partial charge in [-0.15, -0.1) is 0 Å². The van der Waals surface area contributed by atoms with E-state index in [9.17, 15) is 9.90 Å². The summed E-state index contributed by atoms with van der Waals surface area (Å²) in [5.74, 6) is -0.687. The molecular weight excluding hydrogens is 168 g/mol. The maximum atomic E-state index is 11.3. The number of hydrogen-bond donors (Lipinski definition) is 1. The summed E-state index contributed by atoms with van der Waals surface area (Å²) in [7, 11) is 0. The zero-order valence-corrected chi connectivity index (χ0v) is 9.07. The Morgan fingerprint density at radius 2 is 1.62 bits per heavy atom. The van der Waals surface area contributed by atoms with Crippen LogP contribution in [0.25, 0.3) is 0 Å². The van der Waals surface area contributed by atoms with E-state index in [4.69, 9.17) is 4.74 Å². The molecule has 0 aliphatic carbocycles. The third kappa shape index (κ3) is 4.27. The highest BCUT2D eigenvalue weighted by atomic mass is 16.5. The zero-order valence-electron chi connectivity index (χ0n) is 9.07. The first-order valence-electron chi connectivity index (χ1n) is 4.74. The maximum absolute atomic E-state index is 11.3. The lowest BCUT2D eigenvalue weighted by Crippen LogP contribution is -2.32. The number of ether oxygens (including phenoxy) is 1. The van der Waals surface area contributed by atoms with Crippen molar-refractivity contribution < 1.29 is 14.6 Å². The van der Waals surface area contributed by atoms with Crippen molar-refractivity contribution in [3.05, 3.63) is 0 Å². The lowest BCUT2D eigenvalue weighted by Gasteiger charge is -2.21. The summed E-state index contributed by atoms with van der Waals surface area (Å²) in [6, 6.07) is 0. The van der Waals surface area contributed by atoms with Crippen LogP contribution in [0.2, 0.25) is 0 Å². The van der Waals surface area contributed by atoms with E-state index in [-0.39, 0.29) is 18.0 Å². The minimum Gasteiger partial charge on any atom is -0.463 e. The molecule has 1 N–H and O–H groups in total. The van der Waals surface area contributed by atoms with Crippen LogP contribution >= 0.6 is 0 Å². The van der Waals surface area contributed by atoms with Crippen LogP contribution in [-0.4, -0.2) is 23.3 Å². The molecule has 0 saturated carbocycles. The van der Waals surface area contributed by atoms with Gasteiger partial charge >= 0.3 is 5.97 Å². The van der Waals surface area contributed by atoms with Gasteiger partial charge in [-0.25, -0.2) is 0 Å². The van der Waals surface area contributed by atoms with Crippen molar-refractivity contribution in [1.29, 1.82) is 0 Å². The molecule has 0 aromatic carbocycles. The summed E-state index contributed by atoms with van der Waals surface area (Å²) in [5.41, 5.74) is 0. The van der Waals surface area contributed by atoms with E-state index in [0.717, 1.165) is 0 Å². The first kappa shape index (κ1) is 12.4. The van der Waals surface area contributed by atoms with Crippen LogP contribution in [0, 0.1) is 11.8 Å². The topological polar surface area (TPSA) is 46.5 Å². The molecule has 0 amide bonds. The molecule has 0 rings (SSSR count). The van der Waals surface area contributed by atoms with Crippen LogP contribution in [0.3, 0.4) is 0 Å². The number of rotatable bonds is 4. The summed E-state index contributed by atoms with van der Waals surface area (Å²) < 4.78 is 4.98. The first-order valence-corrected chi connectivity index (χ1v) is 4.74. The van der Waals surface area contributed by atoms with Crippen LogP contribution in [0.4, 0.5) is 0 Å². The molecule has 0 heterocycles. The van der Waals surface area contributed by atoms with Gasteiger partial charge in [-0.2, -0.15) is 0 Å². The summed E-state index contributed by atoms with van der Waals surface area (Å²) in [5, 5.41) is 9.58. The molecule has 0 aliphatic rings. The molecule has 0 radical (unpaired) electrons. The van der Waals surface area contributed by atoms with Crippen LogP contribution in [0.5, 0.6) is 0 Å². The molecule has 0 aromatic heterocycles. The summed E-state index contributed by atoms with van der Waals surface area (Å²) in [6.07, 6.45) is -0.736. The van der Waals surface area contributed by atoms with Crippen LogP contribution < -0.4 is 0 Å². The molecule has 0 bridgehead atoms. The van der Waals surface area contributed by atoms with Gasteiger partial charge < -0.3 is 9.84 Å². The SMILES string of the molecule is CC(C)OC(=O)[C@H](C)[C@H](O)C(C)C. The zero-order chi connectivity index (χ0) is 10.6. The first-order chi connectivity index (χ1) is 5.86. The molecular formula is C10H20O3. The standard InChI is InChI=1S/C10H20O3/c1-6(2)9(11)8(5)10(12)13-7(3)4/h6-9,11H,1-5H3/t8-,9-/m1/s1. The second kappa shape index (κ2) is 5.22. The van der Waals surface area contributed by atoms with Crippen LogP contribution in [0.15, 0.2) is 0 Å². The Morgan fingerprint density at radius 1 is 1.15 bits per heavy atom. The fourth-order valence-electron chi connectivity index (χ4n) is 1.06. The predicted octanol–water partition coefficient (Wildman–Crippen LogP) is 1.59. The number of aliphatic hydroxyl groups excluding tert-OH is 1. The molecule has 0 aliphatic heterocycles. The molecule has 0 fully saturated rings. The van der Waals surface area contributed by atoms with Crippen LogP contribution in [-0.2, 0) is 9.53 Å². The third-order valence-electron chi connectivity index (χ3n) is 1.92. The fraction of sp³-hybridized carbons (Fsp3) is 0.900. The van der Waals surface area contributed by atoms with Crippen LogP contribution in [0.1, 0.15) is 34.6 Å². The molecule has 0 unspecified atom stereocenters. The van der Waals surface area contributed by atoms with E-state index >= 15 is 0 Å². The maximum Gasteiger partial charge on any atom is 0.311 e. The van der Waals surface area contributed by atoms with Crippen molar-refractivity contribution in [3.8, 4) is 0 Å². The minimum atomic E-state index is -0.619. The highest BCUT2D eigenvalue weighted by Gasteiger charge is 2.26. The van der Waals surface area contributed by atoms with Crippen molar-refractivity contribution >= 4 is 5.97 Å².